The van der Waals surface area contributed by atoms with Gasteiger partial charge in [-0.3, -0.25) is 9.59 Å². The van der Waals surface area contributed by atoms with E-state index in [9.17, 15) is 23.2 Å². The molecule has 3 aromatic carbocycles. The van der Waals surface area contributed by atoms with Crippen molar-refractivity contribution < 1.29 is 23.2 Å². The molecule has 4 rings (SSSR count). The Labute approximate surface area is 226 Å². The number of rotatable bonds is 7. The number of hydrogen-bond acceptors (Lipinski definition) is 4. The summed E-state index contributed by atoms with van der Waals surface area (Å²) >= 11 is 0. The van der Waals surface area contributed by atoms with Crippen molar-refractivity contribution in [1.29, 1.82) is 0 Å². The first-order chi connectivity index (χ1) is 18.7. The summed E-state index contributed by atoms with van der Waals surface area (Å²) in [5, 5.41) is 8.40. The predicted octanol–water partition coefficient (Wildman–Crippen LogP) is 4.39. The topological polar surface area (TPSA) is 93.8 Å². The lowest BCUT2D eigenvalue weighted by atomic mass is 10.1. The van der Waals surface area contributed by atoms with E-state index in [1.54, 1.807) is 41.3 Å². The molecule has 0 aromatic heterocycles. The molecule has 10 heteroatoms. The number of benzene rings is 3. The smallest absolute Gasteiger partial charge is 0.317 e. The van der Waals surface area contributed by atoms with E-state index in [0.29, 0.717) is 43.1 Å². The minimum absolute atomic E-state index is 0.0269. The molecule has 0 aliphatic carbocycles. The van der Waals surface area contributed by atoms with Crippen molar-refractivity contribution in [2.24, 2.45) is 0 Å². The third kappa shape index (κ3) is 7.10. The molecule has 1 heterocycles. The van der Waals surface area contributed by atoms with E-state index in [1.807, 2.05) is 18.7 Å². The molecule has 39 heavy (non-hydrogen) atoms. The largest absolute Gasteiger partial charge is 0.367 e. The molecule has 1 aliphatic heterocycles. The van der Waals surface area contributed by atoms with E-state index < -0.39 is 17.6 Å². The van der Waals surface area contributed by atoms with Gasteiger partial charge in [-0.15, -0.1) is 0 Å². The van der Waals surface area contributed by atoms with Crippen LogP contribution in [0.15, 0.2) is 66.7 Å². The highest BCUT2D eigenvalue weighted by molar-refractivity contribution is 6.06. The Morgan fingerprint density at radius 2 is 1.54 bits per heavy atom. The molecule has 0 radical (unpaired) electrons. The van der Waals surface area contributed by atoms with E-state index in [1.165, 1.54) is 30.3 Å². The number of urea groups is 1. The summed E-state index contributed by atoms with van der Waals surface area (Å²) in [6.45, 7) is 5.93. The highest BCUT2D eigenvalue weighted by Gasteiger charge is 2.25. The number of carbonyl (C=O) groups is 3. The van der Waals surface area contributed by atoms with Crippen molar-refractivity contribution in [3.8, 4) is 0 Å². The Morgan fingerprint density at radius 1 is 0.846 bits per heavy atom. The van der Waals surface area contributed by atoms with Gasteiger partial charge in [-0.2, -0.15) is 0 Å². The fraction of sp³-hybridized carbons (Fsp3) is 0.276. The molecule has 8 nitrogen and oxygen atoms in total. The van der Waals surface area contributed by atoms with Crippen molar-refractivity contribution in [3.05, 3.63) is 95.1 Å². The molecule has 3 N–H and O–H groups in total. The maximum Gasteiger partial charge on any atom is 0.317 e. The second-order valence-electron chi connectivity index (χ2n) is 9.55. The monoisotopic (exact) mass is 535 g/mol. The fourth-order valence-electron chi connectivity index (χ4n) is 4.28. The molecule has 3 aromatic rings. The van der Waals surface area contributed by atoms with Gasteiger partial charge in [0.2, 0.25) is 0 Å². The van der Waals surface area contributed by atoms with E-state index in [0.717, 1.165) is 5.56 Å². The van der Waals surface area contributed by atoms with Crippen molar-refractivity contribution >= 4 is 29.2 Å². The van der Waals surface area contributed by atoms with Gasteiger partial charge in [0.15, 0.2) is 0 Å². The predicted molar refractivity (Wildman–Crippen MR) is 146 cm³/mol. The standard InChI is InChI=1S/C29H31F2N5O3/c1-19(2)33-29(39)36-15-13-35(14-16-36)26-12-11-22(34-28(38)23-5-3-4-6-25(23)31)17-24(26)27(37)32-18-20-7-9-21(30)10-8-20/h3-12,17,19H,13-16,18H2,1-2H3,(H,32,37)(H,33,39)(H,34,38). The zero-order valence-electron chi connectivity index (χ0n) is 21.8. The normalized spacial score (nSPS) is 13.3. The number of piperazine rings is 1. The fourth-order valence-corrected chi connectivity index (χ4v) is 4.28. The summed E-state index contributed by atoms with van der Waals surface area (Å²) in [5.41, 5.74) is 1.89. The summed E-state index contributed by atoms with van der Waals surface area (Å²) in [7, 11) is 0. The second kappa shape index (κ2) is 12.4. The van der Waals surface area contributed by atoms with Crippen molar-refractivity contribution in [3.63, 3.8) is 0 Å². The van der Waals surface area contributed by atoms with Crippen LogP contribution in [-0.4, -0.2) is 55.0 Å². The lowest BCUT2D eigenvalue weighted by Crippen LogP contribution is -2.53. The first-order valence-corrected chi connectivity index (χ1v) is 12.7. The molecule has 0 atom stereocenters. The lowest BCUT2D eigenvalue weighted by molar-refractivity contribution is 0.0949. The van der Waals surface area contributed by atoms with Crippen LogP contribution < -0.4 is 20.9 Å². The van der Waals surface area contributed by atoms with Gasteiger partial charge in [0.05, 0.1) is 11.1 Å². The Balaban J connectivity index is 1.54. The molecular weight excluding hydrogens is 504 g/mol. The van der Waals surface area contributed by atoms with Gasteiger partial charge in [0.25, 0.3) is 11.8 Å². The third-order valence-corrected chi connectivity index (χ3v) is 6.30. The summed E-state index contributed by atoms with van der Waals surface area (Å²) in [5.74, 6) is -2.05. The van der Waals surface area contributed by atoms with Gasteiger partial charge in [0.1, 0.15) is 11.6 Å². The first-order valence-electron chi connectivity index (χ1n) is 12.7. The van der Waals surface area contributed by atoms with Crippen molar-refractivity contribution in [2.75, 3.05) is 36.4 Å². The molecule has 1 saturated heterocycles. The van der Waals surface area contributed by atoms with Crippen LogP contribution in [0.2, 0.25) is 0 Å². The quantitative estimate of drug-likeness (QED) is 0.419. The van der Waals surface area contributed by atoms with Gasteiger partial charge in [-0.05, 0) is 61.9 Å². The molecular formula is C29H31F2N5O3. The highest BCUT2D eigenvalue weighted by atomic mass is 19.1. The van der Waals surface area contributed by atoms with Crippen LogP contribution in [0.25, 0.3) is 0 Å². The second-order valence-corrected chi connectivity index (χ2v) is 9.55. The Kier molecular flexibility index (Phi) is 8.75. The van der Waals surface area contributed by atoms with E-state index in [4.69, 9.17) is 0 Å². The summed E-state index contributed by atoms with van der Waals surface area (Å²) < 4.78 is 27.4. The number of amides is 4. The van der Waals surface area contributed by atoms with Gasteiger partial charge < -0.3 is 25.8 Å². The Morgan fingerprint density at radius 3 is 2.21 bits per heavy atom. The lowest BCUT2D eigenvalue weighted by Gasteiger charge is -2.37. The van der Waals surface area contributed by atoms with Crippen LogP contribution in [0.1, 0.15) is 40.1 Å². The maximum absolute atomic E-state index is 14.1. The number of carbonyl (C=O) groups excluding carboxylic acids is 3. The molecule has 0 unspecified atom stereocenters. The molecule has 204 valence electrons. The summed E-state index contributed by atoms with van der Waals surface area (Å²) in [6.07, 6.45) is 0. The zero-order chi connectivity index (χ0) is 27.9. The SMILES string of the molecule is CC(C)NC(=O)N1CCN(c2ccc(NC(=O)c3ccccc3F)cc2C(=O)NCc2ccc(F)cc2)CC1. The zero-order valence-corrected chi connectivity index (χ0v) is 21.8. The third-order valence-electron chi connectivity index (χ3n) is 6.30. The van der Waals surface area contributed by atoms with Crippen LogP contribution in [0.5, 0.6) is 0 Å². The number of nitrogens with one attached hydrogen (secondary N) is 3. The van der Waals surface area contributed by atoms with E-state index in [2.05, 4.69) is 16.0 Å². The number of anilines is 2. The van der Waals surface area contributed by atoms with Crippen molar-refractivity contribution in [1.82, 2.24) is 15.5 Å². The van der Waals surface area contributed by atoms with Crippen LogP contribution in [-0.2, 0) is 6.54 Å². The first kappa shape index (κ1) is 27.6. The number of hydrogen-bond donors (Lipinski definition) is 3. The molecule has 4 amide bonds. The molecule has 0 spiro atoms. The van der Waals surface area contributed by atoms with Crippen molar-refractivity contribution in [2.45, 2.75) is 26.4 Å². The summed E-state index contributed by atoms with van der Waals surface area (Å²) in [6, 6.07) is 16.3. The van der Waals surface area contributed by atoms with Gasteiger partial charge in [-0.25, -0.2) is 13.6 Å². The Hall–Kier alpha value is -4.47. The average Bonchev–Trinajstić information content (AvgIpc) is 2.92. The van der Waals surface area contributed by atoms with Crippen LogP contribution >= 0.6 is 0 Å². The van der Waals surface area contributed by atoms with E-state index in [-0.39, 0.29) is 30.0 Å². The Bertz CT molecular complexity index is 1340. The minimum atomic E-state index is -0.650. The molecule has 1 fully saturated rings. The van der Waals surface area contributed by atoms with Crippen LogP contribution in [0, 0.1) is 11.6 Å². The number of nitrogens with zero attached hydrogens (tertiary/aromatic N) is 2. The summed E-state index contributed by atoms with van der Waals surface area (Å²) in [4.78, 5) is 42.2. The minimum Gasteiger partial charge on any atom is -0.367 e. The van der Waals surface area contributed by atoms with E-state index >= 15 is 0 Å². The van der Waals surface area contributed by atoms with Gasteiger partial charge in [0, 0.05) is 50.1 Å². The average molecular weight is 536 g/mol. The van der Waals surface area contributed by atoms with Gasteiger partial charge in [-0.1, -0.05) is 24.3 Å². The van der Waals surface area contributed by atoms with Gasteiger partial charge >= 0.3 is 6.03 Å². The number of halogens is 2. The molecule has 1 aliphatic rings. The molecule has 0 saturated carbocycles. The van der Waals surface area contributed by atoms with Crippen LogP contribution in [0.4, 0.5) is 25.0 Å². The molecule has 0 bridgehead atoms. The maximum atomic E-state index is 14.1. The van der Waals surface area contributed by atoms with Crippen LogP contribution in [0.3, 0.4) is 0 Å². The highest BCUT2D eigenvalue weighted by Crippen LogP contribution is 2.26.